The van der Waals surface area contributed by atoms with E-state index in [-0.39, 0.29) is 32.1 Å². The third-order valence-electron chi connectivity index (χ3n) is 3.07. The van der Waals surface area contributed by atoms with Gasteiger partial charge < -0.3 is 9.68 Å². The number of hydrogen-bond acceptors (Lipinski definition) is 10. The summed E-state index contributed by atoms with van der Waals surface area (Å²) in [6.45, 7) is 2.66. The average Bonchev–Trinajstić information content (AvgIpc) is 2.93. The van der Waals surface area contributed by atoms with Crippen LogP contribution in [0.1, 0.15) is 46.0 Å². The summed E-state index contributed by atoms with van der Waals surface area (Å²) < 4.78 is 0. The smallest absolute Gasteiger partial charge is 0.330 e. The van der Waals surface area contributed by atoms with Crippen LogP contribution in [0.5, 0.6) is 0 Å². The first-order chi connectivity index (χ1) is 12.8. The molecule has 0 N–H and O–H groups in total. The summed E-state index contributed by atoms with van der Waals surface area (Å²) in [6, 6.07) is 0. The number of nitrogens with zero attached hydrogens (tertiary/aromatic N) is 2. The molecule has 1 fully saturated rings. The van der Waals surface area contributed by atoms with Crippen LogP contribution in [0.4, 0.5) is 0 Å². The predicted octanol–water partition coefficient (Wildman–Crippen LogP) is 0.998. The zero-order chi connectivity index (χ0) is 20.4. The molecule has 0 saturated carbocycles. The van der Waals surface area contributed by atoms with E-state index in [2.05, 4.69) is 0 Å². The van der Waals surface area contributed by atoms with E-state index in [4.69, 9.17) is 9.68 Å². The lowest BCUT2D eigenvalue weighted by atomic mass is 10.4. The van der Waals surface area contributed by atoms with Crippen molar-refractivity contribution >= 4 is 57.2 Å². The second-order valence-electron chi connectivity index (χ2n) is 5.21. The van der Waals surface area contributed by atoms with Gasteiger partial charge in [-0.3, -0.25) is 19.2 Å². The van der Waals surface area contributed by atoms with Gasteiger partial charge in [-0.15, -0.1) is 10.1 Å². The van der Waals surface area contributed by atoms with Crippen LogP contribution in [-0.4, -0.2) is 57.2 Å². The molecule has 1 saturated heterocycles. The molecule has 27 heavy (non-hydrogen) atoms. The highest BCUT2D eigenvalue weighted by atomic mass is 33.1. The van der Waals surface area contributed by atoms with Crippen LogP contribution in [0.25, 0.3) is 0 Å². The Morgan fingerprint density at radius 1 is 1.00 bits per heavy atom. The van der Waals surface area contributed by atoms with Gasteiger partial charge in [0.15, 0.2) is 0 Å². The van der Waals surface area contributed by atoms with Crippen LogP contribution in [0, 0.1) is 0 Å². The summed E-state index contributed by atoms with van der Waals surface area (Å²) in [4.78, 5) is 78.0. The molecule has 0 spiro atoms. The number of carbonyl (C=O) groups excluding carboxylic acids is 6. The molecule has 1 aliphatic heterocycles. The van der Waals surface area contributed by atoms with E-state index in [9.17, 15) is 28.8 Å². The molecule has 10 nitrogen and oxygen atoms in total. The van der Waals surface area contributed by atoms with E-state index in [1.165, 1.54) is 21.6 Å². The van der Waals surface area contributed by atoms with Gasteiger partial charge in [0.1, 0.15) is 0 Å². The second-order valence-corrected chi connectivity index (χ2v) is 7.92. The van der Waals surface area contributed by atoms with Crippen molar-refractivity contribution in [2.45, 2.75) is 46.0 Å². The van der Waals surface area contributed by atoms with Crippen molar-refractivity contribution in [2.24, 2.45) is 0 Å². The van der Waals surface area contributed by atoms with Crippen molar-refractivity contribution < 1.29 is 38.4 Å². The Morgan fingerprint density at radius 3 is 2.00 bits per heavy atom. The van der Waals surface area contributed by atoms with Crippen molar-refractivity contribution in [2.75, 3.05) is 11.5 Å². The molecule has 4 amide bonds. The fourth-order valence-corrected chi connectivity index (χ4v) is 3.70. The lowest BCUT2D eigenvalue weighted by molar-refractivity contribution is -0.201. The maximum absolute atomic E-state index is 11.6. The SMILES string of the molecule is CCC(=O)N(OC(=O)CCSSCCC(=O)ON1C(=O)CCC1=O)C(C)=O. The van der Waals surface area contributed by atoms with E-state index in [1.54, 1.807) is 6.92 Å². The molecule has 0 aromatic carbocycles. The van der Waals surface area contributed by atoms with Crippen LogP contribution in [0.2, 0.25) is 0 Å². The highest BCUT2D eigenvalue weighted by Gasteiger charge is 2.32. The zero-order valence-corrected chi connectivity index (χ0v) is 16.6. The first-order valence-corrected chi connectivity index (χ1v) is 10.6. The van der Waals surface area contributed by atoms with Crippen molar-refractivity contribution in [1.29, 1.82) is 0 Å². The summed E-state index contributed by atoms with van der Waals surface area (Å²) in [5.74, 6) is -3.06. The molecule has 0 aromatic rings. The van der Waals surface area contributed by atoms with Crippen molar-refractivity contribution in [3.63, 3.8) is 0 Å². The first kappa shape index (κ1) is 23.0. The standard InChI is InChI=1S/C15H20N2O8S2/c1-3-11(19)16(10(2)18)24-14(22)6-8-26-27-9-7-15(23)25-17-12(20)4-5-13(17)21/h3-9H2,1-2H3. The van der Waals surface area contributed by atoms with Gasteiger partial charge in [0, 0.05) is 37.7 Å². The minimum Gasteiger partial charge on any atom is -0.330 e. The molecule has 0 unspecified atom stereocenters. The quantitative estimate of drug-likeness (QED) is 0.231. The lowest BCUT2D eigenvalue weighted by Crippen LogP contribution is -2.36. The predicted molar refractivity (Wildman–Crippen MR) is 95.2 cm³/mol. The van der Waals surface area contributed by atoms with Gasteiger partial charge in [0.25, 0.3) is 23.6 Å². The van der Waals surface area contributed by atoms with Gasteiger partial charge in [0.2, 0.25) is 0 Å². The van der Waals surface area contributed by atoms with Gasteiger partial charge in [0.05, 0.1) is 12.8 Å². The molecule has 12 heteroatoms. The Kier molecular flexibility index (Phi) is 9.86. The maximum Gasteiger partial charge on any atom is 0.334 e. The summed E-state index contributed by atoms with van der Waals surface area (Å²) in [7, 11) is 2.58. The number of hydrogen-bond donors (Lipinski definition) is 0. The largest absolute Gasteiger partial charge is 0.334 e. The monoisotopic (exact) mass is 420 g/mol. The van der Waals surface area contributed by atoms with Gasteiger partial charge in [-0.25, -0.2) is 9.59 Å². The van der Waals surface area contributed by atoms with Crippen molar-refractivity contribution in [3.8, 4) is 0 Å². The summed E-state index contributed by atoms with van der Waals surface area (Å²) in [5, 5.41) is 0.936. The highest BCUT2D eigenvalue weighted by Crippen LogP contribution is 2.23. The van der Waals surface area contributed by atoms with Crippen LogP contribution in [0.15, 0.2) is 0 Å². The molecule has 1 aliphatic rings. The summed E-state index contributed by atoms with van der Waals surface area (Å²) >= 11 is 0. The van der Waals surface area contributed by atoms with Gasteiger partial charge in [-0.2, -0.15) is 0 Å². The molecular formula is C15H20N2O8S2. The second kappa shape index (κ2) is 11.6. The molecule has 1 rings (SSSR count). The number of amides is 4. The summed E-state index contributed by atoms with van der Waals surface area (Å²) in [6.07, 6.45) is 0.0690. The Hall–Kier alpha value is -2.08. The molecule has 0 bridgehead atoms. The van der Waals surface area contributed by atoms with Gasteiger partial charge in [-0.05, 0) is 0 Å². The topological polar surface area (TPSA) is 127 Å². The van der Waals surface area contributed by atoms with E-state index >= 15 is 0 Å². The lowest BCUT2D eigenvalue weighted by Gasteiger charge is -2.16. The number of imide groups is 2. The molecule has 0 atom stereocenters. The number of rotatable bonds is 9. The molecule has 1 heterocycles. The van der Waals surface area contributed by atoms with Crippen LogP contribution < -0.4 is 0 Å². The fourth-order valence-electron chi connectivity index (χ4n) is 1.76. The normalized spacial score (nSPS) is 13.5. The van der Waals surface area contributed by atoms with Crippen LogP contribution in [-0.2, 0) is 38.4 Å². The maximum atomic E-state index is 11.6. The molecule has 0 aromatic heterocycles. The molecule has 0 aliphatic carbocycles. The highest BCUT2D eigenvalue weighted by molar-refractivity contribution is 8.76. The minimum absolute atomic E-state index is 0.0116. The third-order valence-corrected chi connectivity index (χ3v) is 5.48. The summed E-state index contributed by atoms with van der Waals surface area (Å²) in [5.41, 5.74) is 0. The first-order valence-electron chi connectivity index (χ1n) is 8.11. The van der Waals surface area contributed by atoms with E-state index in [0.717, 1.165) is 6.92 Å². The van der Waals surface area contributed by atoms with Crippen molar-refractivity contribution in [1.82, 2.24) is 10.1 Å². The van der Waals surface area contributed by atoms with E-state index in [1.807, 2.05) is 0 Å². The van der Waals surface area contributed by atoms with Gasteiger partial charge in [-0.1, -0.05) is 28.5 Å². The van der Waals surface area contributed by atoms with Crippen molar-refractivity contribution in [3.05, 3.63) is 0 Å². The minimum atomic E-state index is -0.717. The Bertz CT molecular complexity index is 609. The van der Waals surface area contributed by atoms with Gasteiger partial charge >= 0.3 is 11.9 Å². The van der Waals surface area contributed by atoms with Crippen LogP contribution >= 0.6 is 21.6 Å². The average molecular weight is 420 g/mol. The van der Waals surface area contributed by atoms with E-state index in [0.29, 0.717) is 21.6 Å². The Morgan fingerprint density at radius 2 is 1.52 bits per heavy atom. The van der Waals surface area contributed by atoms with Crippen LogP contribution in [0.3, 0.4) is 0 Å². The molecular weight excluding hydrogens is 400 g/mol. The Balaban J connectivity index is 2.16. The molecule has 0 radical (unpaired) electrons. The zero-order valence-electron chi connectivity index (χ0n) is 14.9. The number of hydroxylamine groups is 4. The van der Waals surface area contributed by atoms with E-state index < -0.39 is 35.6 Å². The third kappa shape index (κ3) is 7.99. The number of carbonyl (C=O) groups is 6. The fraction of sp³-hybridized carbons (Fsp3) is 0.600. The molecule has 150 valence electrons. The Labute approximate surface area is 163 Å².